The van der Waals surface area contributed by atoms with E-state index in [4.69, 9.17) is 0 Å². The van der Waals surface area contributed by atoms with Gasteiger partial charge in [0.2, 0.25) is 0 Å². The van der Waals surface area contributed by atoms with Crippen LogP contribution in [0.2, 0.25) is 0 Å². The van der Waals surface area contributed by atoms with E-state index in [1.54, 1.807) is 0 Å². The molecule has 0 aromatic carbocycles. The van der Waals surface area contributed by atoms with Gasteiger partial charge >= 0.3 is 0 Å². The van der Waals surface area contributed by atoms with Crippen LogP contribution in [0.25, 0.3) is 0 Å². The quantitative estimate of drug-likeness (QED) is 0.507. The van der Waals surface area contributed by atoms with Crippen LogP contribution in [0.5, 0.6) is 0 Å². The monoisotopic (exact) mass is 165 g/mol. The van der Waals surface area contributed by atoms with Gasteiger partial charge in [0.1, 0.15) is 0 Å². The van der Waals surface area contributed by atoms with Crippen LogP contribution in [0.3, 0.4) is 0 Å². The van der Waals surface area contributed by atoms with Gasteiger partial charge in [-0.3, -0.25) is 0 Å². The standard InChI is InChI=1S/C12H21/c1-2-5-11-7-4-8-12(6-3-1)10-9-11/h11H,1-10H2. The topological polar surface area (TPSA) is 0 Å². The van der Waals surface area contributed by atoms with Gasteiger partial charge in [0.05, 0.1) is 0 Å². The summed E-state index contributed by atoms with van der Waals surface area (Å²) in [5.74, 6) is 3.00. The minimum atomic E-state index is 1.10. The first kappa shape index (κ1) is 8.59. The lowest BCUT2D eigenvalue weighted by Gasteiger charge is -2.12. The third-order valence-electron chi connectivity index (χ3n) is 3.69. The zero-order chi connectivity index (χ0) is 8.23. The van der Waals surface area contributed by atoms with Gasteiger partial charge in [0, 0.05) is 0 Å². The molecular weight excluding hydrogens is 144 g/mol. The molecule has 0 aliphatic heterocycles. The van der Waals surface area contributed by atoms with Crippen LogP contribution in [-0.2, 0) is 0 Å². The van der Waals surface area contributed by atoms with Crippen molar-refractivity contribution in [2.75, 3.05) is 0 Å². The molecule has 1 radical (unpaired) electrons. The second-order valence-electron chi connectivity index (χ2n) is 4.65. The molecule has 69 valence electrons. The summed E-state index contributed by atoms with van der Waals surface area (Å²) in [6.45, 7) is 0. The van der Waals surface area contributed by atoms with E-state index in [1.165, 1.54) is 64.2 Å². The third kappa shape index (κ3) is 2.24. The summed E-state index contributed by atoms with van der Waals surface area (Å²) < 4.78 is 0. The highest BCUT2D eigenvalue weighted by Gasteiger charge is 2.20. The molecule has 0 aromatic rings. The zero-order valence-corrected chi connectivity index (χ0v) is 8.15. The molecule has 0 heteroatoms. The molecule has 0 nitrogen and oxygen atoms in total. The predicted molar refractivity (Wildman–Crippen MR) is 52.9 cm³/mol. The van der Waals surface area contributed by atoms with Crippen molar-refractivity contribution < 1.29 is 0 Å². The van der Waals surface area contributed by atoms with Crippen LogP contribution in [0.15, 0.2) is 0 Å². The Hall–Kier alpha value is 0. The molecule has 12 heavy (non-hydrogen) atoms. The number of fused-ring (bicyclic) bond motifs is 3. The summed E-state index contributed by atoms with van der Waals surface area (Å²) >= 11 is 0. The first-order valence-corrected chi connectivity index (χ1v) is 5.79. The smallest absolute Gasteiger partial charge is 0.0241 e. The van der Waals surface area contributed by atoms with Crippen LogP contribution in [-0.4, -0.2) is 0 Å². The van der Waals surface area contributed by atoms with Gasteiger partial charge in [0.25, 0.3) is 0 Å². The third-order valence-corrected chi connectivity index (χ3v) is 3.69. The van der Waals surface area contributed by atoms with Gasteiger partial charge in [-0.15, -0.1) is 0 Å². The van der Waals surface area contributed by atoms with E-state index in [9.17, 15) is 0 Å². The Morgan fingerprint density at radius 2 is 1.50 bits per heavy atom. The molecular formula is C12H21. The fourth-order valence-corrected chi connectivity index (χ4v) is 2.84. The average molecular weight is 165 g/mol. The van der Waals surface area contributed by atoms with E-state index in [2.05, 4.69) is 0 Å². The molecule has 1 unspecified atom stereocenters. The maximum atomic E-state index is 1.90. The van der Waals surface area contributed by atoms with Crippen LogP contribution in [0.4, 0.5) is 0 Å². The van der Waals surface area contributed by atoms with Crippen molar-refractivity contribution in [3.63, 3.8) is 0 Å². The number of hydrogen-bond donors (Lipinski definition) is 0. The van der Waals surface area contributed by atoms with Crippen LogP contribution in [0, 0.1) is 11.8 Å². The van der Waals surface area contributed by atoms with E-state index in [-0.39, 0.29) is 0 Å². The molecule has 1 atom stereocenters. The van der Waals surface area contributed by atoms with Crippen molar-refractivity contribution in [1.29, 1.82) is 0 Å². The predicted octanol–water partition coefficient (Wildman–Crippen LogP) is 4.11. The lowest BCUT2D eigenvalue weighted by Crippen LogP contribution is -1.97. The maximum absolute atomic E-state index is 1.90. The Bertz CT molecular complexity index is 114. The molecule has 0 N–H and O–H groups in total. The lowest BCUT2D eigenvalue weighted by atomic mass is 9.94. The SMILES string of the molecule is C1CC[C]2CCCC(CC1)CC2. The van der Waals surface area contributed by atoms with E-state index in [0.29, 0.717) is 0 Å². The number of rotatable bonds is 0. The van der Waals surface area contributed by atoms with Crippen LogP contribution >= 0.6 is 0 Å². The summed E-state index contributed by atoms with van der Waals surface area (Å²) in [6, 6.07) is 0. The summed E-state index contributed by atoms with van der Waals surface area (Å²) in [7, 11) is 0. The van der Waals surface area contributed by atoms with Gasteiger partial charge in [0.15, 0.2) is 0 Å². The summed E-state index contributed by atoms with van der Waals surface area (Å²) in [5, 5.41) is 0. The van der Waals surface area contributed by atoms with E-state index >= 15 is 0 Å². The Balaban J connectivity index is 1.94. The van der Waals surface area contributed by atoms with Crippen molar-refractivity contribution in [3.8, 4) is 0 Å². The number of hydrogen-bond acceptors (Lipinski definition) is 0. The Labute approximate surface area is 76.7 Å². The molecule has 2 fully saturated rings. The molecule has 2 saturated carbocycles. The van der Waals surface area contributed by atoms with Crippen molar-refractivity contribution in [2.24, 2.45) is 5.92 Å². The zero-order valence-electron chi connectivity index (χ0n) is 8.15. The summed E-state index contributed by atoms with van der Waals surface area (Å²) in [5.41, 5.74) is 0. The summed E-state index contributed by atoms with van der Waals surface area (Å²) in [6.07, 6.45) is 15.0. The van der Waals surface area contributed by atoms with Crippen molar-refractivity contribution in [2.45, 2.75) is 64.2 Å². The minimum absolute atomic E-state index is 1.10. The van der Waals surface area contributed by atoms with Gasteiger partial charge < -0.3 is 0 Å². The highest BCUT2D eigenvalue weighted by atomic mass is 14.3. The van der Waals surface area contributed by atoms with Gasteiger partial charge in [-0.2, -0.15) is 0 Å². The molecule has 0 spiro atoms. The first-order valence-electron chi connectivity index (χ1n) is 5.79. The molecule has 2 rings (SSSR count). The molecule has 0 amide bonds. The van der Waals surface area contributed by atoms with Gasteiger partial charge in [-0.05, 0) is 37.5 Å². The van der Waals surface area contributed by atoms with E-state index < -0.39 is 0 Å². The largest absolute Gasteiger partial charge is 0.0533 e. The van der Waals surface area contributed by atoms with Crippen molar-refractivity contribution in [3.05, 3.63) is 5.92 Å². The molecule has 2 aliphatic rings. The van der Waals surface area contributed by atoms with E-state index in [0.717, 1.165) is 5.92 Å². The fraction of sp³-hybridized carbons (Fsp3) is 0.917. The maximum Gasteiger partial charge on any atom is -0.0241 e. The molecule has 0 aromatic heterocycles. The van der Waals surface area contributed by atoms with Crippen molar-refractivity contribution >= 4 is 0 Å². The Morgan fingerprint density at radius 1 is 0.667 bits per heavy atom. The molecule has 2 bridgehead atoms. The Morgan fingerprint density at radius 3 is 2.50 bits per heavy atom. The fourth-order valence-electron chi connectivity index (χ4n) is 2.84. The second kappa shape index (κ2) is 4.30. The minimum Gasteiger partial charge on any atom is -0.0533 e. The molecule has 2 aliphatic carbocycles. The second-order valence-corrected chi connectivity index (χ2v) is 4.65. The highest BCUT2D eigenvalue weighted by molar-refractivity contribution is 4.93. The Kier molecular flexibility index (Phi) is 3.08. The highest BCUT2D eigenvalue weighted by Crippen LogP contribution is 2.35. The normalized spacial score (nSPS) is 33.5. The molecule has 0 saturated heterocycles. The van der Waals surface area contributed by atoms with Crippen molar-refractivity contribution in [1.82, 2.24) is 0 Å². The van der Waals surface area contributed by atoms with Gasteiger partial charge in [-0.1, -0.05) is 38.5 Å². The lowest BCUT2D eigenvalue weighted by molar-refractivity contribution is 0.412. The first-order chi connectivity index (χ1) is 5.95. The summed E-state index contributed by atoms with van der Waals surface area (Å²) in [4.78, 5) is 0. The van der Waals surface area contributed by atoms with Crippen LogP contribution < -0.4 is 0 Å². The van der Waals surface area contributed by atoms with E-state index in [1.807, 2.05) is 5.92 Å². The average Bonchev–Trinajstić information content (AvgIpc) is 2.25. The molecule has 0 heterocycles. The van der Waals surface area contributed by atoms with Crippen LogP contribution in [0.1, 0.15) is 64.2 Å². The van der Waals surface area contributed by atoms with Gasteiger partial charge in [-0.25, -0.2) is 0 Å².